The Kier molecular flexibility index (Phi) is 4.85. The van der Waals surface area contributed by atoms with E-state index in [9.17, 15) is 23.1 Å². The highest BCUT2D eigenvalue weighted by atomic mass is 32.2. The number of carboxylic acid groups (broad SMARTS) is 1. The third-order valence-corrected chi connectivity index (χ3v) is 6.33. The molecular weight excluding hydrogens is 396 g/mol. The summed E-state index contributed by atoms with van der Waals surface area (Å²) < 4.78 is 32.8. The minimum absolute atomic E-state index is 0.0261. The van der Waals surface area contributed by atoms with Crippen LogP contribution in [0.4, 0.5) is 11.4 Å². The molecule has 0 saturated carbocycles. The molecule has 4 rings (SSSR count). The lowest BCUT2D eigenvalue weighted by molar-refractivity contribution is -0.313. The zero-order valence-corrected chi connectivity index (χ0v) is 15.8. The zero-order valence-electron chi connectivity index (χ0n) is 15.0. The van der Waals surface area contributed by atoms with Crippen LogP contribution < -0.4 is 15.1 Å². The van der Waals surface area contributed by atoms with Crippen molar-refractivity contribution < 1.29 is 27.9 Å². The lowest BCUT2D eigenvalue weighted by atomic mass is 9.82. The van der Waals surface area contributed by atoms with Gasteiger partial charge in [0, 0.05) is 23.3 Å². The Morgan fingerprint density at radius 1 is 0.862 bits per heavy atom. The number of carbonyl (C=O) groups is 2. The van der Waals surface area contributed by atoms with E-state index in [4.69, 9.17) is 4.74 Å². The first-order chi connectivity index (χ1) is 13.8. The number of hydrogen-bond donors (Lipinski definition) is 2. The normalized spacial score (nSPS) is 25.0. The standard InChI is InChI=1S/C20H18N2O6S/c23-19(17-15-10-11-16(28-15)18(17)20(24)25)21-12-6-8-14(9-7-12)29(26,27)22-13-4-2-1-3-5-13/h1-11,15-18,22H,(H,21,23)(H,24,25)/p-1/t15-,16+,17-,18-/m0/s1. The fraction of sp³-hybridized carbons (Fsp3) is 0.200. The second kappa shape index (κ2) is 7.34. The SMILES string of the molecule is O=C(Nc1ccc(S(=O)(=O)Nc2ccccc2)cc1)[C@@H]1[C@@H](C(=O)[O-])[C@H]2C=C[C@@H]1O2. The van der Waals surface area contributed by atoms with Gasteiger partial charge in [-0.05, 0) is 36.4 Å². The van der Waals surface area contributed by atoms with E-state index in [2.05, 4.69) is 10.0 Å². The number of amides is 1. The van der Waals surface area contributed by atoms with Crippen molar-refractivity contribution in [2.45, 2.75) is 17.1 Å². The molecule has 2 aliphatic rings. The maximum Gasteiger partial charge on any atom is 0.261 e. The highest BCUT2D eigenvalue weighted by Crippen LogP contribution is 2.39. The summed E-state index contributed by atoms with van der Waals surface area (Å²) in [4.78, 5) is 24.0. The smallest absolute Gasteiger partial charge is 0.261 e. The maximum atomic E-state index is 12.6. The van der Waals surface area contributed by atoms with Crippen molar-refractivity contribution in [1.29, 1.82) is 0 Å². The van der Waals surface area contributed by atoms with E-state index in [0.29, 0.717) is 11.4 Å². The fourth-order valence-electron chi connectivity index (χ4n) is 3.56. The topological polar surface area (TPSA) is 125 Å². The van der Waals surface area contributed by atoms with Gasteiger partial charge >= 0.3 is 0 Å². The molecule has 2 aliphatic heterocycles. The predicted molar refractivity (Wildman–Crippen MR) is 102 cm³/mol. The van der Waals surface area contributed by atoms with E-state index in [1.54, 1.807) is 42.5 Å². The number of ether oxygens (including phenoxy) is 1. The van der Waals surface area contributed by atoms with Crippen LogP contribution in [0.1, 0.15) is 0 Å². The molecule has 1 saturated heterocycles. The Hall–Kier alpha value is -3.17. The largest absolute Gasteiger partial charge is 0.550 e. The van der Waals surface area contributed by atoms with Gasteiger partial charge in [-0.1, -0.05) is 30.4 Å². The van der Waals surface area contributed by atoms with Crippen LogP contribution in [-0.2, 0) is 24.3 Å². The highest BCUT2D eigenvalue weighted by molar-refractivity contribution is 7.92. The molecule has 0 aliphatic carbocycles. The van der Waals surface area contributed by atoms with Gasteiger partial charge in [-0.25, -0.2) is 8.42 Å². The number of anilines is 2. The number of para-hydroxylation sites is 1. The highest BCUT2D eigenvalue weighted by Gasteiger charge is 2.50. The molecule has 2 N–H and O–H groups in total. The summed E-state index contributed by atoms with van der Waals surface area (Å²) in [6.45, 7) is 0. The molecule has 1 amide bonds. The van der Waals surface area contributed by atoms with Crippen LogP contribution in [0.3, 0.4) is 0 Å². The molecule has 0 radical (unpaired) electrons. The number of aliphatic carboxylic acids is 1. The molecule has 0 unspecified atom stereocenters. The van der Waals surface area contributed by atoms with Crippen molar-refractivity contribution in [1.82, 2.24) is 0 Å². The Balaban J connectivity index is 1.46. The molecule has 0 spiro atoms. The molecule has 1 fully saturated rings. The fourth-order valence-corrected chi connectivity index (χ4v) is 4.62. The number of sulfonamides is 1. The Morgan fingerprint density at radius 3 is 2.10 bits per heavy atom. The summed E-state index contributed by atoms with van der Waals surface area (Å²) in [6.07, 6.45) is 2.00. The summed E-state index contributed by atoms with van der Waals surface area (Å²) in [5.41, 5.74) is 0.778. The number of fused-ring (bicyclic) bond motifs is 2. The van der Waals surface area contributed by atoms with Gasteiger partial charge in [0.2, 0.25) is 5.91 Å². The van der Waals surface area contributed by atoms with E-state index < -0.39 is 45.9 Å². The van der Waals surface area contributed by atoms with E-state index in [-0.39, 0.29) is 4.90 Å². The number of carboxylic acids is 1. The van der Waals surface area contributed by atoms with Crippen LogP contribution in [0, 0.1) is 11.8 Å². The van der Waals surface area contributed by atoms with Gasteiger partial charge in [-0.2, -0.15) is 0 Å². The average Bonchev–Trinajstić information content (AvgIpc) is 3.30. The third kappa shape index (κ3) is 3.74. The van der Waals surface area contributed by atoms with Gasteiger partial charge in [0.25, 0.3) is 10.0 Å². The lowest BCUT2D eigenvalue weighted by Crippen LogP contribution is -2.45. The predicted octanol–water partition coefficient (Wildman–Crippen LogP) is 0.745. The van der Waals surface area contributed by atoms with Crippen LogP contribution in [0.15, 0.2) is 71.6 Å². The van der Waals surface area contributed by atoms with E-state index in [0.717, 1.165) is 0 Å². The Morgan fingerprint density at radius 2 is 1.48 bits per heavy atom. The van der Waals surface area contributed by atoms with Crippen LogP contribution in [0.5, 0.6) is 0 Å². The summed E-state index contributed by atoms with van der Waals surface area (Å²) in [6, 6.07) is 14.1. The first kappa shape index (κ1) is 19.2. The van der Waals surface area contributed by atoms with Gasteiger partial charge in [0.15, 0.2) is 0 Å². The van der Waals surface area contributed by atoms with E-state index in [1.165, 1.54) is 24.3 Å². The van der Waals surface area contributed by atoms with Crippen LogP contribution >= 0.6 is 0 Å². The third-order valence-electron chi connectivity index (χ3n) is 4.93. The quantitative estimate of drug-likeness (QED) is 0.673. The van der Waals surface area contributed by atoms with E-state index >= 15 is 0 Å². The Bertz CT molecular complexity index is 1070. The minimum Gasteiger partial charge on any atom is -0.550 e. The van der Waals surface area contributed by atoms with Gasteiger partial charge < -0.3 is 20.0 Å². The molecule has 2 heterocycles. The molecule has 2 aromatic carbocycles. The number of carbonyl (C=O) groups excluding carboxylic acids is 2. The van der Waals surface area contributed by atoms with Crippen molar-refractivity contribution >= 4 is 33.3 Å². The molecule has 2 bridgehead atoms. The lowest BCUT2D eigenvalue weighted by Gasteiger charge is -2.25. The molecule has 0 aromatic heterocycles. The molecule has 150 valence electrons. The summed E-state index contributed by atoms with van der Waals surface area (Å²) >= 11 is 0. The second-order valence-corrected chi connectivity index (χ2v) is 8.49. The Labute approximate surface area is 167 Å². The van der Waals surface area contributed by atoms with Crippen molar-refractivity contribution in [3.8, 4) is 0 Å². The number of benzene rings is 2. The monoisotopic (exact) mass is 413 g/mol. The molecule has 2 aromatic rings. The molecule has 9 heteroatoms. The zero-order chi connectivity index (χ0) is 20.6. The van der Waals surface area contributed by atoms with Crippen LogP contribution in [-0.4, -0.2) is 32.5 Å². The molecule has 8 nitrogen and oxygen atoms in total. The first-order valence-electron chi connectivity index (χ1n) is 8.88. The molecule has 4 atom stereocenters. The average molecular weight is 413 g/mol. The minimum atomic E-state index is -3.78. The number of hydrogen-bond acceptors (Lipinski definition) is 6. The van der Waals surface area contributed by atoms with Gasteiger partial charge in [0.1, 0.15) is 0 Å². The maximum absolute atomic E-state index is 12.6. The number of nitrogens with one attached hydrogen (secondary N) is 2. The van der Waals surface area contributed by atoms with Gasteiger partial charge in [-0.15, -0.1) is 0 Å². The van der Waals surface area contributed by atoms with Gasteiger partial charge in [-0.3, -0.25) is 9.52 Å². The molecule has 29 heavy (non-hydrogen) atoms. The van der Waals surface area contributed by atoms with Crippen LogP contribution in [0.2, 0.25) is 0 Å². The van der Waals surface area contributed by atoms with Crippen molar-refractivity contribution in [2.75, 3.05) is 10.0 Å². The molecular formula is C20H17N2O6S-. The first-order valence-corrected chi connectivity index (χ1v) is 10.4. The van der Waals surface area contributed by atoms with Gasteiger partial charge in [0.05, 0.1) is 23.0 Å². The second-order valence-electron chi connectivity index (χ2n) is 6.81. The van der Waals surface area contributed by atoms with Crippen LogP contribution in [0.25, 0.3) is 0 Å². The van der Waals surface area contributed by atoms with Crippen molar-refractivity contribution in [2.24, 2.45) is 11.8 Å². The summed E-state index contributed by atoms with van der Waals surface area (Å²) in [5.74, 6) is -3.82. The van der Waals surface area contributed by atoms with Crippen molar-refractivity contribution in [3.63, 3.8) is 0 Å². The van der Waals surface area contributed by atoms with Crippen molar-refractivity contribution in [3.05, 3.63) is 66.7 Å². The number of rotatable bonds is 6. The summed E-state index contributed by atoms with van der Waals surface area (Å²) in [7, 11) is -3.78. The summed E-state index contributed by atoms with van der Waals surface area (Å²) in [5, 5.41) is 14.0. The van der Waals surface area contributed by atoms with E-state index in [1.807, 2.05) is 0 Å².